The molecule has 0 aliphatic heterocycles. The first-order valence-corrected chi connectivity index (χ1v) is 16.3. The van der Waals surface area contributed by atoms with Crippen LogP contribution < -0.4 is 13.8 Å². The molecule has 0 bridgehead atoms. The van der Waals surface area contributed by atoms with Gasteiger partial charge in [0, 0.05) is 35.9 Å². The molecule has 2 heterocycles. The lowest BCUT2D eigenvalue weighted by Gasteiger charge is -2.31. The maximum Gasteiger partial charge on any atom is 0.186 e. The van der Waals surface area contributed by atoms with Gasteiger partial charge in [0.1, 0.15) is 5.75 Å². The number of carbonyl (C=O) groups is 2. The van der Waals surface area contributed by atoms with E-state index in [-0.39, 0.29) is 33.2 Å². The van der Waals surface area contributed by atoms with Crippen molar-refractivity contribution >= 4 is 45.4 Å². The molecular formula is C37H46O3S2. The molecule has 0 atom stereocenters. The van der Waals surface area contributed by atoms with E-state index in [2.05, 4.69) is 126 Å². The molecule has 0 amide bonds. The monoisotopic (exact) mass is 602 g/mol. The van der Waals surface area contributed by atoms with E-state index in [1.807, 2.05) is 0 Å². The Balaban J connectivity index is 2.05. The van der Waals surface area contributed by atoms with Crippen molar-refractivity contribution in [3.63, 3.8) is 0 Å². The number of hydrogen-bond donors (Lipinski definition) is 0. The van der Waals surface area contributed by atoms with Crippen molar-refractivity contribution in [3.05, 3.63) is 82.9 Å². The number of ketones is 2. The van der Waals surface area contributed by atoms with Gasteiger partial charge >= 0.3 is 0 Å². The number of Topliss-reactive ketones (excluding diaryl/α,β-unsaturated/α-hetero) is 2. The molecule has 2 aromatic rings. The van der Waals surface area contributed by atoms with Crippen LogP contribution in [-0.2, 0) is 9.59 Å². The molecule has 0 radical (unpaired) electrons. The molecule has 0 saturated heterocycles. The van der Waals surface area contributed by atoms with Gasteiger partial charge in [-0.05, 0) is 75.3 Å². The van der Waals surface area contributed by atoms with Crippen LogP contribution in [0.15, 0.2) is 64.8 Å². The van der Waals surface area contributed by atoms with Crippen LogP contribution in [0.25, 0.3) is 11.1 Å². The molecule has 0 saturated carbocycles. The third-order valence-electron chi connectivity index (χ3n) is 7.73. The SMILES string of the molecule is COc1cc(=C2C=C(C(C)(C)C)C(=O)C(C(C)(C)C)=C2)s/c1=c1\ccc(=C2C=C(C(C)(C)C)C(=O)C(C(C)(C)C)=C2)s1. The Bertz CT molecular complexity index is 1730. The molecular weight excluding hydrogens is 557 g/mol. The fourth-order valence-electron chi connectivity index (χ4n) is 5.23. The van der Waals surface area contributed by atoms with Crippen molar-refractivity contribution in [1.29, 1.82) is 0 Å². The maximum atomic E-state index is 13.5. The van der Waals surface area contributed by atoms with Gasteiger partial charge in [-0.25, -0.2) is 0 Å². The largest absolute Gasteiger partial charge is 0.495 e. The zero-order chi connectivity index (χ0) is 31.6. The minimum Gasteiger partial charge on any atom is -0.495 e. The Morgan fingerprint density at radius 1 is 0.524 bits per heavy atom. The van der Waals surface area contributed by atoms with Crippen molar-refractivity contribution in [2.75, 3.05) is 7.11 Å². The molecule has 5 heteroatoms. The van der Waals surface area contributed by atoms with Crippen LogP contribution in [0.5, 0.6) is 5.75 Å². The topological polar surface area (TPSA) is 43.4 Å². The Morgan fingerprint density at radius 3 is 1.24 bits per heavy atom. The van der Waals surface area contributed by atoms with Gasteiger partial charge in [-0.3, -0.25) is 9.59 Å². The molecule has 0 spiro atoms. The van der Waals surface area contributed by atoms with Crippen molar-refractivity contribution in [1.82, 2.24) is 0 Å². The molecule has 2 aliphatic carbocycles. The second kappa shape index (κ2) is 10.7. The minimum atomic E-state index is -0.266. The number of ether oxygens (including phenoxy) is 1. The highest BCUT2D eigenvalue weighted by Gasteiger charge is 2.35. The molecule has 0 N–H and O–H groups in total. The summed E-state index contributed by atoms with van der Waals surface area (Å²) >= 11 is 3.41. The van der Waals surface area contributed by atoms with Crippen molar-refractivity contribution in [3.8, 4) is 5.75 Å². The highest BCUT2D eigenvalue weighted by molar-refractivity contribution is 7.11. The second-order valence-corrected chi connectivity index (χ2v) is 17.6. The summed E-state index contributed by atoms with van der Waals surface area (Å²) in [6, 6.07) is 6.40. The van der Waals surface area contributed by atoms with Crippen LogP contribution >= 0.6 is 22.7 Å². The van der Waals surface area contributed by atoms with Crippen LogP contribution in [-0.4, -0.2) is 18.7 Å². The lowest BCUT2D eigenvalue weighted by atomic mass is 9.72. The van der Waals surface area contributed by atoms with E-state index in [0.717, 1.165) is 57.3 Å². The first-order valence-electron chi connectivity index (χ1n) is 14.6. The van der Waals surface area contributed by atoms with Crippen LogP contribution in [0, 0.1) is 30.7 Å². The third kappa shape index (κ3) is 6.28. The first kappa shape index (κ1) is 32.2. The van der Waals surface area contributed by atoms with E-state index >= 15 is 0 Å². The van der Waals surface area contributed by atoms with Gasteiger partial charge in [0.2, 0.25) is 0 Å². The normalized spacial score (nSPS) is 18.1. The predicted octanol–water partition coefficient (Wildman–Crippen LogP) is 8.46. The molecule has 42 heavy (non-hydrogen) atoms. The Hall–Kier alpha value is -2.76. The van der Waals surface area contributed by atoms with E-state index in [4.69, 9.17) is 4.74 Å². The average molecular weight is 603 g/mol. The molecule has 3 nitrogen and oxygen atoms in total. The van der Waals surface area contributed by atoms with Gasteiger partial charge in [0.25, 0.3) is 0 Å². The summed E-state index contributed by atoms with van der Waals surface area (Å²) in [4.78, 5) is 26.9. The van der Waals surface area contributed by atoms with Gasteiger partial charge in [-0.15, -0.1) is 22.7 Å². The summed E-state index contributed by atoms with van der Waals surface area (Å²) in [7, 11) is 1.71. The van der Waals surface area contributed by atoms with E-state index < -0.39 is 0 Å². The molecule has 0 fully saturated rings. The summed E-state index contributed by atoms with van der Waals surface area (Å²) < 4.78 is 10.3. The van der Waals surface area contributed by atoms with Crippen LogP contribution in [0.2, 0.25) is 0 Å². The minimum absolute atomic E-state index is 0.138. The fraction of sp³-hybridized carbons (Fsp3) is 0.459. The highest BCUT2D eigenvalue weighted by Crippen LogP contribution is 2.40. The van der Waals surface area contributed by atoms with E-state index in [1.54, 1.807) is 29.8 Å². The van der Waals surface area contributed by atoms with Crippen LogP contribution in [0.3, 0.4) is 0 Å². The average Bonchev–Trinajstić information content (AvgIpc) is 3.48. The summed E-state index contributed by atoms with van der Waals surface area (Å²) in [5, 5.41) is 0. The van der Waals surface area contributed by atoms with Crippen LogP contribution in [0.4, 0.5) is 0 Å². The van der Waals surface area contributed by atoms with Crippen molar-refractivity contribution in [2.24, 2.45) is 21.7 Å². The maximum absolute atomic E-state index is 13.5. The third-order valence-corrected chi connectivity index (χ3v) is 10.2. The summed E-state index contributed by atoms with van der Waals surface area (Å²) in [5.41, 5.74) is 4.45. The van der Waals surface area contributed by atoms with E-state index in [0.29, 0.717) is 0 Å². The summed E-state index contributed by atoms with van der Waals surface area (Å²) in [6.07, 6.45) is 8.30. The van der Waals surface area contributed by atoms with E-state index in [9.17, 15) is 9.59 Å². The second-order valence-electron chi connectivity index (χ2n) is 15.5. The molecule has 0 unspecified atom stereocenters. The number of methoxy groups -OCH3 is 1. The lowest BCUT2D eigenvalue weighted by Crippen LogP contribution is -2.28. The Morgan fingerprint density at radius 2 is 0.881 bits per heavy atom. The molecule has 4 rings (SSSR count). The number of allylic oxidation sites excluding steroid dienone is 8. The molecule has 0 aromatic carbocycles. The number of hydrogen-bond acceptors (Lipinski definition) is 5. The van der Waals surface area contributed by atoms with Crippen molar-refractivity contribution < 1.29 is 14.3 Å². The van der Waals surface area contributed by atoms with Crippen LogP contribution in [0.1, 0.15) is 83.1 Å². The quantitative estimate of drug-likeness (QED) is 0.329. The molecule has 224 valence electrons. The first-order chi connectivity index (χ1) is 19.1. The van der Waals surface area contributed by atoms with Gasteiger partial charge in [0.15, 0.2) is 11.6 Å². The van der Waals surface area contributed by atoms with Gasteiger partial charge in [0.05, 0.1) is 11.6 Å². The zero-order valence-electron chi connectivity index (χ0n) is 27.6. The fourth-order valence-corrected chi connectivity index (χ4v) is 7.45. The number of rotatable bonds is 1. The van der Waals surface area contributed by atoms with Gasteiger partial charge in [-0.1, -0.05) is 83.1 Å². The smallest absolute Gasteiger partial charge is 0.186 e. The summed E-state index contributed by atoms with van der Waals surface area (Å²) in [6.45, 7) is 25.2. The highest BCUT2D eigenvalue weighted by atomic mass is 32.1. The van der Waals surface area contributed by atoms with Gasteiger partial charge in [-0.2, -0.15) is 0 Å². The standard InChI is InChI=1S/C37H46O3S2/c1-34(2,3)23-16-21(17-24(31(23)38)35(4,5)6)28-14-15-29(41-28)33-27(40-13)20-30(42-33)22-18-25(36(7,8)9)32(39)26(19-22)37(10,11)12/h14-20H,1-13H3/b33-29+. The lowest BCUT2D eigenvalue weighted by molar-refractivity contribution is -0.114. The van der Waals surface area contributed by atoms with E-state index in [1.165, 1.54) is 0 Å². The number of carbonyl (C=O) groups excluding carboxylic acids is 2. The number of thiophene rings is 2. The Kier molecular flexibility index (Phi) is 8.23. The van der Waals surface area contributed by atoms with Gasteiger partial charge < -0.3 is 4.74 Å². The predicted molar refractivity (Wildman–Crippen MR) is 179 cm³/mol. The molecule has 2 aliphatic rings. The molecule has 2 aromatic heterocycles. The Labute approximate surface area is 259 Å². The zero-order valence-corrected chi connectivity index (χ0v) is 29.2. The summed E-state index contributed by atoms with van der Waals surface area (Å²) in [5.74, 6) is 1.11. The van der Waals surface area contributed by atoms with Crippen molar-refractivity contribution in [2.45, 2.75) is 83.1 Å².